The van der Waals surface area contributed by atoms with E-state index >= 15 is 0 Å². The maximum Gasteiger partial charge on any atom is 0.416 e. The average molecular weight is 414 g/mol. The Morgan fingerprint density at radius 3 is 1.87 bits per heavy atom. The SMILES string of the molecule is O=C1c2c(O)cccc2C(COCc2ccc(C(F)(F)F)cc2)c2cccc(O)c21. The molecule has 0 fully saturated rings. The van der Waals surface area contributed by atoms with Gasteiger partial charge in [0.05, 0.1) is 29.9 Å². The molecule has 1 aliphatic rings. The summed E-state index contributed by atoms with van der Waals surface area (Å²) in [6.45, 7) is 0.187. The highest BCUT2D eigenvalue weighted by atomic mass is 19.4. The largest absolute Gasteiger partial charge is 0.507 e. The molecule has 0 heterocycles. The van der Waals surface area contributed by atoms with Crippen molar-refractivity contribution in [1.82, 2.24) is 0 Å². The molecule has 4 nitrogen and oxygen atoms in total. The van der Waals surface area contributed by atoms with Gasteiger partial charge in [-0.25, -0.2) is 0 Å². The third-order valence-corrected chi connectivity index (χ3v) is 5.19. The number of phenolic OH excluding ortho intramolecular Hbond substituents is 2. The van der Waals surface area contributed by atoms with Crippen molar-refractivity contribution in [3.05, 3.63) is 94.0 Å². The van der Waals surface area contributed by atoms with E-state index < -0.39 is 23.4 Å². The van der Waals surface area contributed by atoms with Crippen molar-refractivity contribution in [2.24, 2.45) is 0 Å². The van der Waals surface area contributed by atoms with Crippen molar-refractivity contribution in [2.45, 2.75) is 18.7 Å². The topological polar surface area (TPSA) is 66.8 Å². The van der Waals surface area contributed by atoms with Crippen LogP contribution in [0.1, 0.15) is 44.1 Å². The Morgan fingerprint density at radius 2 is 1.37 bits per heavy atom. The predicted molar refractivity (Wildman–Crippen MR) is 103 cm³/mol. The van der Waals surface area contributed by atoms with Crippen LogP contribution in [0.3, 0.4) is 0 Å². The van der Waals surface area contributed by atoms with Gasteiger partial charge in [0, 0.05) is 5.92 Å². The molecule has 1 aliphatic carbocycles. The van der Waals surface area contributed by atoms with Crippen LogP contribution in [0.25, 0.3) is 0 Å². The number of phenols is 2. The quantitative estimate of drug-likeness (QED) is 0.630. The molecule has 0 amide bonds. The van der Waals surface area contributed by atoms with Crippen LogP contribution >= 0.6 is 0 Å². The molecule has 0 bridgehead atoms. The number of halogens is 3. The second-order valence-corrected chi connectivity index (χ2v) is 7.07. The molecule has 0 aromatic heterocycles. The third kappa shape index (κ3) is 3.52. The van der Waals surface area contributed by atoms with Crippen molar-refractivity contribution in [3.63, 3.8) is 0 Å². The van der Waals surface area contributed by atoms with Crippen molar-refractivity contribution in [3.8, 4) is 11.5 Å². The second-order valence-electron chi connectivity index (χ2n) is 7.07. The molecule has 0 atom stereocenters. The Morgan fingerprint density at radius 1 is 0.833 bits per heavy atom. The van der Waals surface area contributed by atoms with Gasteiger partial charge in [-0.05, 0) is 41.0 Å². The van der Waals surface area contributed by atoms with Gasteiger partial charge in [-0.2, -0.15) is 13.2 Å². The summed E-state index contributed by atoms with van der Waals surface area (Å²) in [5.74, 6) is -1.25. The summed E-state index contributed by atoms with van der Waals surface area (Å²) in [4.78, 5) is 12.9. The lowest BCUT2D eigenvalue weighted by Crippen LogP contribution is -2.23. The zero-order valence-electron chi connectivity index (χ0n) is 15.6. The second kappa shape index (κ2) is 7.50. The summed E-state index contributed by atoms with van der Waals surface area (Å²) >= 11 is 0. The van der Waals surface area contributed by atoms with Crippen LogP contribution in [0, 0.1) is 0 Å². The molecule has 4 rings (SSSR count). The van der Waals surface area contributed by atoms with E-state index in [0.717, 1.165) is 12.1 Å². The van der Waals surface area contributed by atoms with Crippen molar-refractivity contribution in [1.29, 1.82) is 0 Å². The molecular formula is C23H17F3O4. The summed E-state index contributed by atoms with van der Waals surface area (Å²) in [6.07, 6.45) is -4.40. The molecule has 2 N–H and O–H groups in total. The van der Waals surface area contributed by atoms with Crippen molar-refractivity contribution >= 4 is 5.78 Å². The van der Waals surface area contributed by atoms with E-state index in [1.54, 1.807) is 24.3 Å². The molecule has 0 unspecified atom stereocenters. The number of ketones is 1. The summed E-state index contributed by atoms with van der Waals surface area (Å²) in [6, 6.07) is 14.2. The van der Waals surface area contributed by atoms with E-state index in [1.165, 1.54) is 24.3 Å². The van der Waals surface area contributed by atoms with Gasteiger partial charge in [0.25, 0.3) is 0 Å². The number of alkyl halides is 3. The fraction of sp³-hybridized carbons (Fsp3) is 0.174. The highest BCUT2D eigenvalue weighted by Gasteiger charge is 2.35. The first-order valence-corrected chi connectivity index (χ1v) is 9.19. The summed E-state index contributed by atoms with van der Waals surface area (Å²) < 4.78 is 43.8. The molecule has 0 aliphatic heterocycles. The van der Waals surface area contributed by atoms with Gasteiger partial charge >= 0.3 is 6.18 Å². The summed E-state index contributed by atoms with van der Waals surface area (Å²) in [7, 11) is 0. The molecule has 0 radical (unpaired) electrons. The standard InChI is InChI=1S/C23H17F3O4/c24-23(25,26)14-9-7-13(8-10-14)11-30-12-17-15-3-1-5-18(27)20(15)22(29)21-16(17)4-2-6-19(21)28/h1-10,17,27-28H,11-12H2. The molecule has 30 heavy (non-hydrogen) atoms. The van der Waals surface area contributed by atoms with Crippen molar-refractivity contribution in [2.75, 3.05) is 6.61 Å². The molecule has 0 saturated carbocycles. The number of aromatic hydroxyl groups is 2. The lowest BCUT2D eigenvalue weighted by atomic mass is 9.77. The highest BCUT2D eigenvalue weighted by molar-refractivity contribution is 6.15. The van der Waals surface area contributed by atoms with E-state index in [9.17, 15) is 28.2 Å². The van der Waals surface area contributed by atoms with Gasteiger partial charge in [-0.15, -0.1) is 0 Å². The summed E-state index contributed by atoms with van der Waals surface area (Å²) in [5.41, 5.74) is 1.23. The predicted octanol–water partition coefficient (Wildman–Crippen LogP) is 5.01. The van der Waals surface area contributed by atoms with Crippen molar-refractivity contribution < 1.29 is 32.9 Å². The van der Waals surface area contributed by atoms with E-state index in [0.29, 0.717) is 16.7 Å². The minimum atomic E-state index is -4.40. The number of hydrogen-bond acceptors (Lipinski definition) is 4. The molecule has 3 aromatic carbocycles. The Kier molecular flexibility index (Phi) is 4.99. The first-order valence-electron chi connectivity index (χ1n) is 9.19. The number of carbonyl (C=O) groups excluding carboxylic acids is 1. The number of ether oxygens (including phenoxy) is 1. The van der Waals surface area contributed by atoms with Crippen LogP contribution in [0.2, 0.25) is 0 Å². The first-order chi connectivity index (χ1) is 14.3. The Balaban J connectivity index is 1.59. The zero-order valence-corrected chi connectivity index (χ0v) is 15.6. The summed E-state index contributed by atoms with van der Waals surface area (Å²) in [5, 5.41) is 20.4. The van der Waals surface area contributed by atoms with Crippen LogP contribution in [0.15, 0.2) is 60.7 Å². The fourth-order valence-electron chi connectivity index (χ4n) is 3.75. The lowest BCUT2D eigenvalue weighted by molar-refractivity contribution is -0.137. The first kappa shape index (κ1) is 20.0. The average Bonchev–Trinajstić information content (AvgIpc) is 2.70. The van der Waals surface area contributed by atoms with Crippen LogP contribution < -0.4 is 0 Å². The van der Waals surface area contributed by atoms with Crippen LogP contribution in [-0.4, -0.2) is 22.6 Å². The third-order valence-electron chi connectivity index (χ3n) is 5.19. The molecular weight excluding hydrogens is 397 g/mol. The zero-order chi connectivity index (χ0) is 21.5. The van der Waals surface area contributed by atoms with Gasteiger partial charge in [0.15, 0.2) is 0 Å². The smallest absolute Gasteiger partial charge is 0.416 e. The minimum absolute atomic E-state index is 0.0743. The molecule has 3 aromatic rings. The fourth-order valence-corrected chi connectivity index (χ4v) is 3.75. The van der Waals surface area contributed by atoms with E-state index in [2.05, 4.69) is 0 Å². The maximum atomic E-state index is 12.9. The number of benzene rings is 3. The van der Waals surface area contributed by atoms with Gasteiger partial charge in [-0.1, -0.05) is 36.4 Å². The van der Waals surface area contributed by atoms with Gasteiger partial charge in [0.1, 0.15) is 11.5 Å². The van der Waals surface area contributed by atoms with Crippen LogP contribution in [-0.2, 0) is 17.5 Å². The number of hydrogen-bond donors (Lipinski definition) is 2. The monoisotopic (exact) mass is 414 g/mol. The highest BCUT2D eigenvalue weighted by Crippen LogP contribution is 2.43. The normalized spacial score (nSPS) is 13.8. The van der Waals surface area contributed by atoms with E-state index in [1.807, 2.05) is 0 Å². The van der Waals surface area contributed by atoms with Gasteiger partial charge < -0.3 is 14.9 Å². The number of carbonyl (C=O) groups is 1. The molecule has 0 spiro atoms. The van der Waals surface area contributed by atoms with E-state index in [-0.39, 0.29) is 35.8 Å². The number of rotatable bonds is 4. The maximum absolute atomic E-state index is 12.9. The number of fused-ring (bicyclic) bond motifs is 2. The lowest BCUT2D eigenvalue weighted by Gasteiger charge is -2.28. The Labute approximate surface area is 170 Å². The Bertz CT molecular complexity index is 1050. The van der Waals surface area contributed by atoms with E-state index in [4.69, 9.17) is 4.74 Å². The minimum Gasteiger partial charge on any atom is -0.507 e. The van der Waals surface area contributed by atoms with Gasteiger partial charge in [0.2, 0.25) is 5.78 Å². The van der Waals surface area contributed by atoms with Gasteiger partial charge in [-0.3, -0.25) is 4.79 Å². The van der Waals surface area contributed by atoms with Crippen LogP contribution in [0.5, 0.6) is 11.5 Å². The Hall–Kier alpha value is -3.32. The molecule has 0 saturated heterocycles. The molecule has 154 valence electrons. The molecule has 7 heteroatoms. The van der Waals surface area contributed by atoms with Crippen LogP contribution in [0.4, 0.5) is 13.2 Å².